The second-order valence-electron chi connectivity index (χ2n) is 3.02. The maximum absolute atomic E-state index is 11.7. The molecule has 14 heavy (non-hydrogen) atoms. The van der Waals surface area contributed by atoms with E-state index in [1.54, 1.807) is 0 Å². The van der Waals surface area contributed by atoms with Gasteiger partial charge in [0.1, 0.15) is 6.61 Å². The van der Waals surface area contributed by atoms with E-state index in [9.17, 15) is 4.79 Å². The number of hydrogen-bond acceptors (Lipinski definition) is 3. The minimum Gasteiger partial charge on any atom is -0.402 e. The zero-order valence-electron chi connectivity index (χ0n) is 11.6. The Balaban J connectivity index is 2.41. The minimum absolute atomic E-state index is 0.00463. The van der Waals surface area contributed by atoms with Gasteiger partial charge in [-0.25, -0.2) is 0 Å². The number of carbonyl (C=O) groups excluding carboxylic acids is 1. The predicted octanol–water partition coefficient (Wildman–Crippen LogP) is 0.365. The van der Waals surface area contributed by atoms with Crippen LogP contribution in [0.2, 0.25) is 0 Å². The molecule has 4 nitrogen and oxygen atoms in total. The van der Waals surface area contributed by atoms with E-state index in [4.69, 9.17) is 16.0 Å². The molecule has 0 aromatic heterocycles. The third-order valence-electron chi connectivity index (χ3n) is 2.03. The number of carbonyl (C=O) groups is 1. The van der Waals surface area contributed by atoms with Gasteiger partial charge in [-0.1, -0.05) is 0 Å². The molecule has 1 aliphatic carbocycles. The summed E-state index contributed by atoms with van der Waals surface area (Å²) >= 11 is 0. The number of allylic oxidation sites excluding steroid dienone is 4. The lowest BCUT2D eigenvalue weighted by Crippen LogP contribution is -2.41. The van der Waals surface area contributed by atoms with Crippen LogP contribution in [0, 0.1) is 0 Å². The number of nitrogens with zero attached hydrogens (tertiary/aromatic N) is 1. The van der Waals surface area contributed by atoms with Gasteiger partial charge >= 0.3 is 0 Å². The van der Waals surface area contributed by atoms with Gasteiger partial charge in [0, 0.05) is 23.4 Å². The second kappa shape index (κ2) is 3.84. The molecule has 1 fully saturated rings. The molecule has 0 atom stereocenters. The average Bonchev–Trinajstić information content (AvgIpc) is 2.29. The molecule has 1 amide bonds. The van der Waals surface area contributed by atoms with E-state index in [1.807, 2.05) is 0 Å². The molecule has 0 unspecified atom stereocenters. The summed E-state index contributed by atoms with van der Waals surface area (Å²) in [6.07, 6.45) is -2.02. The van der Waals surface area contributed by atoms with Crippen LogP contribution >= 0.6 is 0 Å². The van der Waals surface area contributed by atoms with Crippen LogP contribution in [0.4, 0.5) is 0 Å². The van der Waals surface area contributed by atoms with Crippen molar-refractivity contribution < 1.29 is 15.0 Å². The molecule has 0 aromatic rings. The standard InChI is InChI=1S/C10H14N2O2/c11-8-1-3-9(4-2-8)12-5-6-14-7-10(12)13/h1,3H,2,4-7,11H2/i2D2,4D2. The molecule has 0 aromatic carbocycles. The summed E-state index contributed by atoms with van der Waals surface area (Å²) in [4.78, 5) is 12.9. The fourth-order valence-corrected chi connectivity index (χ4v) is 1.32. The molecule has 2 N–H and O–H groups in total. The SMILES string of the molecule is [2H]C1([2H])C(N)=CC=C(N2CCOCC2=O)C1([2H])[2H]. The lowest BCUT2D eigenvalue weighted by molar-refractivity contribution is -0.140. The smallest absolute Gasteiger partial charge is 0.252 e. The highest BCUT2D eigenvalue weighted by atomic mass is 16.5. The molecule has 2 rings (SSSR count). The van der Waals surface area contributed by atoms with Crippen LogP contribution < -0.4 is 5.73 Å². The van der Waals surface area contributed by atoms with Crippen molar-refractivity contribution in [3.8, 4) is 0 Å². The number of ether oxygens (including phenoxy) is 1. The third-order valence-corrected chi connectivity index (χ3v) is 2.03. The van der Waals surface area contributed by atoms with Gasteiger partial charge in [0.25, 0.3) is 5.91 Å². The zero-order valence-corrected chi connectivity index (χ0v) is 7.62. The summed E-state index contributed by atoms with van der Waals surface area (Å²) in [5.74, 6) is -0.374. The molecule has 0 radical (unpaired) electrons. The predicted molar refractivity (Wildman–Crippen MR) is 52.1 cm³/mol. The molecule has 0 spiro atoms. The summed E-state index contributed by atoms with van der Waals surface area (Å²) in [6, 6.07) is 0. The van der Waals surface area contributed by atoms with E-state index in [1.165, 1.54) is 17.1 Å². The van der Waals surface area contributed by atoms with Crippen LogP contribution in [-0.4, -0.2) is 30.6 Å². The lowest BCUT2D eigenvalue weighted by Gasteiger charge is -2.30. The molecular weight excluding hydrogens is 180 g/mol. The maximum atomic E-state index is 11.7. The number of nitrogens with two attached hydrogens (primary N) is 1. The van der Waals surface area contributed by atoms with Gasteiger partial charge in [0.2, 0.25) is 0 Å². The van der Waals surface area contributed by atoms with E-state index in [-0.39, 0.29) is 30.5 Å². The normalized spacial score (nSPS) is 34.6. The molecule has 0 saturated carbocycles. The Bertz CT molecular complexity index is 445. The second-order valence-corrected chi connectivity index (χ2v) is 3.02. The summed E-state index contributed by atoms with van der Waals surface area (Å²) in [7, 11) is 0. The fraction of sp³-hybridized carbons (Fsp3) is 0.500. The topological polar surface area (TPSA) is 55.6 Å². The third kappa shape index (κ3) is 1.80. The first-order chi connectivity index (χ1) is 8.28. The van der Waals surface area contributed by atoms with Crippen molar-refractivity contribution in [2.45, 2.75) is 12.7 Å². The van der Waals surface area contributed by atoms with Crippen LogP contribution in [0.3, 0.4) is 0 Å². The van der Waals surface area contributed by atoms with Gasteiger partial charge < -0.3 is 15.4 Å². The minimum atomic E-state index is -2.35. The molecule has 0 bridgehead atoms. The molecule has 76 valence electrons. The van der Waals surface area contributed by atoms with Crippen molar-refractivity contribution in [2.75, 3.05) is 19.8 Å². The van der Waals surface area contributed by atoms with E-state index < -0.39 is 12.7 Å². The Morgan fingerprint density at radius 2 is 2.36 bits per heavy atom. The zero-order chi connectivity index (χ0) is 13.6. The van der Waals surface area contributed by atoms with Gasteiger partial charge in [-0.2, -0.15) is 0 Å². The Morgan fingerprint density at radius 3 is 3.14 bits per heavy atom. The fourth-order valence-electron chi connectivity index (χ4n) is 1.32. The molecule has 4 heteroatoms. The van der Waals surface area contributed by atoms with E-state index in [2.05, 4.69) is 0 Å². The lowest BCUT2D eigenvalue weighted by atomic mass is 10.1. The first-order valence-corrected chi connectivity index (χ1v) is 4.35. The van der Waals surface area contributed by atoms with Crippen LogP contribution in [0.1, 0.15) is 18.2 Å². The molecular formula is C10H14N2O2. The van der Waals surface area contributed by atoms with Crippen molar-refractivity contribution in [1.82, 2.24) is 4.90 Å². The van der Waals surface area contributed by atoms with Gasteiger partial charge in [0.15, 0.2) is 0 Å². The summed E-state index contributed by atoms with van der Waals surface area (Å²) < 4.78 is 36.3. The van der Waals surface area contributed by atoms with Crippen LogP contribution in [0.25, 0.3) is 0 Å². The van der Waals surface area contributed by atoms with Crippen LogP contribution in [-0.2, 0) is 9.53 Å². The Morgan fingerprint density at radius 1 is 1.50 bits per heavy atom. The quantitative estimate of drug-likeness (QED) is 0.662. The maximum Gasteiger partial charge on any atom is 0.252 e. The number of amides is 1. The van der Waals surface area contributed by atoms with Crippen molar-refractivity contribution >= 4 is 5.91 Å². The van der Waals surface area contributed by atoms with Crippen molar-refractivity contribution in [3.63, 3.8) is 0 Å². The Hall–Kier alpha value is -1.29. The van der Waals surface area contributed by atoms with Gasteiger partial charge in [-0.3, -0.25) is 4.79 Å². The number of rotatable bonds is 1. The van der Waals surface area contributed by atoms with E-state index in [0.717, 1.165) is 0 Å². The summed E-state index contributed by atoms with van der Waals surface area (Å²) in [6.45, 7) is 0.408. The Kier molecular flexibility index (Phi) is 1.52. The van der Waals surface area contributed by atoms with Gasteiger partial charge in [-0.15, -0.1) is 0 Å². The largest absolute Gasteiger partial charge is 0.402 e. The molecule has 2 aliphatic rings. The monoisotopic (exact) mass is 198 g/mol. The van der Waals surface area contributed by atoms with Crippen LogP contribution in [0.5, 0.6) is 0 Å². The van der Waals surface area contributed by atoms with Crippen molar-refractivity contribution in [2.24, 2.45) is 5.73 Å². The van der Waals surface area contributed by atoms with Gasteiger partial charge in [-0.05, 0) is 24.9 Å². The molecule has 1 saturated heterocycles. The Labute approximate surface area is 88.6 Å². The highest BCUT2D eigenvalue weighted by Gasteiger charge is 2.22. The van der Waals surface area contributed by atoms with E-state index in [0.29, 0.717) is 6.61 Å². The first-order valence-electron chi connectivity index (χ1n) is 6.35. The first kappa shape index (κ1) is 5.56. The highest BCUT2D eigenvalue weighted by molar-refractivity contribution is 5.80. The molecule has 1 aliphatic heterocycles. The van der Waals surface area contributed by atoms with Crippen molar-refractivity contribution in [1.29, 1.82) is 0 Å². The van der Waals surface area contributed by atoms with Crippen molar-refractivity contribution in [3.05, 3.63) is 23.5 Å². The summed E-state index contributed by atoms with van der Waals surface area (Å²) in [5, 5.41) is 0. The van der Waals surface area contributed by atoms with Crippen LogP contribution in [0.15, 0.2) is 23.5 Å². The van der Waals surface area contributed by atoms with Gasteiger partial charge in [0.05, 0.1) is 6.61 Å². The highest BCUT2D eigenvalue weighted by Crippen LogP contribution is 2.20. The number of morpholine rings is 1. The number of hydrogen-bond donors (Lipinski definition) is 1. The molecule has 1 heterocycles. The average molecular weight is 198 g/mol. The summed E-state index contributed by atoms with van der Waals surface area (Å²) in [5.41, 5.74) is 5.30. The van der Waals surface area contributed by atoms with E-state index >= 15 is 0 Å².